The highest BCUT2D eigenvalue weighted by Gasteiger charge is 2.29. The second-order valence-corrected chi connectivity index (χ2v) is 3.97. The number of hydrogen-bond acceptors (Lipinski definition) is 4. The Morgan fingerprint density at radius 1 is 1.44 bits per heavy atom. The maximum absolute atomic E-state index is 12.0. The van der Waals surface area contributed by atoms with Gasteiger partial charge in [0.1, 0.15) is 0 Å². The Kier molecular flexibility index (Phi) is 2.83. The molecule has 16 heavy (non-hydrogen) atoms. The van der Waals surface area contributed by atoms with Crippen molar-refractivity contribution in [2.75, 3.05) is 6.54 Å². The number of ketones is 1. The third-order valence-corrected chi connectivity index (χ3v) is 2.98. The van der Waals surface area contributed by atoms with Crippen LogP contribution in [0.4, 0.5) is 0 Å². The molecule has 2 rings (SSSR count). The maximum Gasteiger partial charge on any atom is 0.180 e. The Labute approximate surface area is 93.9 Å². The van der Waals surface area contributed by atoms with Gasteiger partial charge < -0.3 is 15.5 Å². The van der Waals surface area contributed by atoms with Gasteiger partial charge in [-0.1, -0.05) is 6.92 Å². The molecule has 0 aromatic heterocycles. The van der Waals surface area contributed by atoms with Crippen molar-refractivity contribution in [1.82, 2.24) is 5.32 Å². The molecular weight excluding hydrogens is 206 g/mol. The van der Waals surface area contributed by atoms with Crippen molar-refractivity contribution in [3.63, 3.8) is 0 Å². The smallest absolute Gasteiger partial charge is 0.180 e. The molecule has 0 fully saturated rings. The Hall–Kier alpha value is -1.55. The zero-order chi connectivity index (χ0) is 11.7. The number of phenolic OH excluding ortho intramolecular Hbond substituents is 2. The summed E-state index contributed by atoms with van der Waals surface area (Å²) in [6.45, 7) is 2.70. The van der Waals surface area contributed by atoms with E-state index in [2.05, 4.69) is 5.32 Å². The molecule has 0 amide bonds. The molecule has 0 bridgehead atoms. The quantitative estimate of drug-likeness (QED) is 0.656. The van der Waals surface area contributed by atoms with E-state index in [0.29, 0.717) is 24.0 Å². The molecule has 0 spiro atoms. The van der Waals surface area contributed by atoms with Gasteiger partial charge in [0.25, 0.3) is 0 Å². The molecule has 3 N–H and O–H groups in total. The average Bonchev–Trinajstić information content (AvgIpc) is 2.28. The van der Waals surface area contributed by atoms with Crippen molar-refractivity contribution < 1.29 is 15.0 Å². The third-order valence-electron chi connectivity index (χ3n) is 2.98. The zero-order valence-corrected chi connectivity index (χ0v) is 9.16. The summed E-state index contributed by atoms with van der Waals surface area (Å²) < 4.78 is 0. The second-order valence-electron chi connectivity index (χ2n) is 3.97. The molecule has 0 radical (unpaired) electrons. The van der Waals surface area contributed by atoms with Gasteiger partial charge in [-0.15, -0.1) is 0 Å². The number of likely N-dealkylation sites (N-methyl/N-ethyl adjacent to an activating group) is 1. The van der Waals surface area contributed by atoms with E-state index in [9.17, 15) is 15.0 Å². The minimum Gasteiger partial charge on any atom is -0.504 e. The van der Waals surface area contributed by atoms with Gasteiger partial charge in [-0.2, -0.15) is 0 Å². The molecule has 0 saturated carbocycles. The van der Waals surface area contributed by atoms with Crippen LogP contribution >= 0.6 is 0 Å². The summed E-state index contributed by atoms with van der Waals surface area (Å²) >= 11 is 0. The van der Waals surface area contributed by atoms with E-state index in [-0.39, 0.29) is 23.3 Å². The monoisotopic (exact) mass is 221 g/mol. The molecule has 0 unspecified atom stereocenters. The number of hydrogen-bond donors (Lipinski definition) is 3. The number of carbonyl (C=O) groups is 1. The van der Waals surface area contributed by atoms with Crippen LogP contribution in [0.3, 0.4) is 0 Å². The molecule has 0 saturated heterocycles. The first kappa shape index (κ1) is 11.0. The lowest BCUT2D eigenvalue weighted by Crippen LogP contribution is -2.40. The standard InChI is InChI=1S/C12H15NO3/c1-2-13-9-5-3-8-7(11(9)15)4-6-10(14)12(8)16/h4,6,9,13-14,16H,2-3,5H2,1H3/t9-/m1/s1. The van der Waals surface area contributed by atoms with E-state index >= 15 is 0 Å². The first-order valence-electron chi connectivity index (χ1n) is 5.46. The number of carbonyl (C=O) groups excluding carboxylic acids is 1. The van der Waals surface area contributed by atoms with Gasteiger partial charge in [-0.25, -0.2) is 0 Å². The van der Waals surface area contributed by atoms with Gasteiger partial charge in [-0.05, 0) is 31.5 Å². The van der Waals surface area contributed by atoms with E-state index in [1.54, 1.807) is 6.07 Å². The van der Waals surface area contributed by atoms with Crippen LogP contribution in [0, 0.1) is 0 Å². The number of nitrogens with one attached hydrogen (secondary N) is 1. The summed E-state index contributed by atoms with van der Waals surface area (Å²) in [5.41, 5.74) is 1.09. The number of aromatic hydroxyl groups is 2. The highest BCUT2D eigenvalue weighted by molar-refractivity contribution is 6.03. The Bertz CT molecular complexity index is 429. The molecule has 86 valence electrons. The first-order valence-corrected chi connectivity index (χ1v) is 5.46. The topological polar surface area (TPSA) is 69.6 Å². The van der Waals surface area contributed by atoms with Crippen LogP contribution in [0.25, 0.3) is 0 Å². The molecular formula is C12H15NO3. The molecule has 0 heterocycles. The van der Waals surface area contributed by atoms with Crippen molar-refractivity contribution in [1.29, 1.82) is 0 Å². The lowest BCUT2D eigenvalue weighted by atomic mass is 9.86. The van der Waals surface area contributed by atoms with Crippen LogP contribution in [0.5, 0.6) is 11.5 Å². The minimum absolute atomic E-state index is 0.00148. The largest absolute Gasteiger partial charge is 0.504 e. The Morgan fingerprint density at radius 3 is 2.88 bits per heavy atom. The first-order chi connectivity index (χ1) is 7.65. The molecule has 4 nitrogen and oxygen atoms in total. The molecule has 0 aliphatic heterocycles. The number of rotatable bonds is 2. The fraction of sp³-hybridized carbons (Fsp3) is 0.417. The summed E-state index contributed by atoms with van der Waals surface area (Å²) in [4.78, 5) is 12.0. The highest BCUT2D eigenvalue weighted by Crippen LogP contribution is 2.35. The van der Waals surface area contributed by atoms with Crippen molar-refractivity contribution in [2.24, 2.45) is 0 Å². The van der Waals surface area contributed by atoms with Crippen LogP contribution in [-0.4, -0.2) is 28.6 Å². The van der Waals surface area contributed by atoms with Crippen LogP contribution in [0.15, 0.2) is 12.1 Å². The Balaban J connectivity index is 2.39. The van der Waals surface area contributed by atoms with Gasteiger partial charge in [0, 0.05) is 11.1 Å². The fourth-order valence-electron chi connectivity index (χ4n) is 2.16. The average molecular weight is 221 g/mol. The van der Waals surface area contributed by atoms with Gasteiger partial charge in [-0.3, -0.25) is 4.79 Å². The van der Waals surface area contributed by atoms with E-state index in [1.165, 1.54) is 6.07 Å². The number of fused-ring (bicyclic) bond motifs is 1. The lowest BCUT2D eigenvalue weighted by Gasteiger charge is -2.24. The summed E-state index contributed by atoms with van der Waals surface area (Å²) in [6, 6.07) is 2.78. The molecule has 1 atom stereocenters. The van der Waals surface area contributed by atoms with E-state index in [1.807, 2.05) is 6.92 Å². The van der Waals surface area contributed by atoms with Gasteiger partial charge in [0.05, 0.1) is 6.04 Å². The minimum atomic E-state index is -0.165. The predicted octanol–water partition coefficient (Wildman–Crippen LogP) is 1.20. The van der Waals surface area contributed by atoms with Crippen LogP contribution in [0.2, 0.25) is 0 Å². The summed E-state index contributed by atoms with van der Waals surface area (Å²) in [5, 5.41) is 22.1. The van der Waals surface area contributed by atoms with Crippen molar-refractivity contribution >= 4 is 5.78 Å². The highest BCUT2D eigenvalue weighted by atomic mass is 16.3. The zero-order valence-electron chi connectivity index (χ0n) is 9.16. The molecule has 1 aromatic rings. The van der Waals surface area contributed by atoms with Crippen molar-refractivity contribution in [3.8, 4) is 11.5 Å². The summed E-state index contributed by atoms with van der Waals surface area (Å²) in [5.74, 6) is -0.312. The molecule has 1 aliphatic rings. The molecule has 4 heteroatoms. The van der Waals surface area contributed by atoms with Gasteiger partial charge in [0.15, 0.2) is 17.3 Å². The van der Waals surface area contributed by atoms with Gasteiger partial charge in [0.2, 0.25) is 0 Å². The lowest BCUT2D eigenvalue weighted by molar-refractivity contribution is 0.0928. The molecule has 1 aromatic carbocycles. The number of benzene rings is 1. The maximum atomic E-state index is 12.0. The predicted molar refractivity (Wildman–Crippen MR) is 59.9 cm³/mol. The van der Waals surface area contributed by atoms with Crippen LogP contribution in [0.1, 0.15) is 29.3 Å². The van der Waals surface area contributed by atoms with Crippen molar-refractivity contribution in [2.45, 2.75) is 25.8 Å². The molecule has 1 aliphatic carbocycles. The fourth-order valence-corrected chi connectivity index (χ4v) is 2.16. The Morgan fingerprint density at radius 2 is 2.19 bits per heavy atom. The van der Waals surface area contributed by atoms with Crippen LogP contribution in [-0.2, 0) is 6.42 Å². The summed E-state index contributed by atoms with van der Waals surface area (Å²) in [7, 11) is 0. The third kappa shape index (κ3) is 1.65. The summed E-state index contributed by atoms with van der Waals surface area (Å²) in [6.07, 6.45) is 1.27. The van der Waals surface area contributed by atoms with Gasteiger partial charge >= 0.3 is 0 Å². The number of phenols is 2. The second kappa shape index (κ2) is 4.14. The van der Waals surface area contributed by atoms with E-state index < -0.39 is 0 Å². The normalized spacial score (nSPS) is 19.6. The van der Waals surface area contributed by atoms with Crippen LogP contribution < -0.4 is 5.32 Å². The van der Waals surface area contributed by atoms with E-state index in [0.717, 1.165) is 6.54 Å². The number of Topliss-reactive ketones (excluding diaryl/α,β-unsaturated/α-hetero) is 1. The SMILES string of the molecule is CCN[C@@H]1CCc2c(ccc(O)c2O)C1=O. The van der Waals surface area contributed by atoms with E-state index in [4.69, 9.17) is 0 Å². The van der Waals surface area contributed by atoms with Crippen molar-refractivity contribution in [3.05, 3.63) is 23.3 Å².